The molecule has 3 heterocycles. The van der Waals surface area contributed by atoms with Gasteiger partial charge in [-0.15, -0.1) is 0 Å². The normalized spacial score (nSPS) is 16.6. The highest BCUT2D eigenvalue weighted by atomic mass is 16.5. The van der Waals surface area contributed by atoms with Crippen LogP contribution in [0.25, 0.3) is 11.4 Å². The first-order chi connectivity index (χ1) is 18.5. The van der Waals surface area contributed by atoms with E-state index in [2.05, 4.69) is 10.1 Å². The highest BCUT2D eigenvalue weighted by Gasteiger charge is 2.42. The van der Waals surface area contributed by atoms with Crippen molar-refractivity contribution >= 4 is 11.8 Å². The van der Waals surface area contributed by atoms with Crippen molar-refractivity contribution in [3.63, 3.8) is 0 Å². The molecule has 0 aliphatic carbocycles. The second-order valence-corrected chi connectivity index (χ2v) is 10.2. The van der Waals surface area contributed by atoms with Gasteiger partial charge in [-0.3, -0.25) is 9.59 Å². The summed E-state index contributed by atoms with van der Waals surface area (Å²) in [4.78, 5) is 34.2. The average Bonchev–Trinajstić information content (AvgIpc) is 3.60. The first-order valence-corrected chi connectivity index (χ1v) is 13.1. The maximum atomic E-state index is 13.0. The molecule has 0 N–H and O–H groups in total. The van der Waals surface area contributed by atoms with Gasteiger partial charge in [-0.05, 0) is 66.6 Å². The lowest BCUT2D eigenvalue weighted by Gasteiger charge is -2.39. The minimum absolute atomic E-state index is 0.106. The molecule has 1 aromatic heterocycles. The number of ether oxygens (including phenoxy) is 2. The van der Waals surface area contributed by atoms with E-state index in [1.165, 1.54) is 0 Å². The van der Waals surface area contributed by atoms with Gasteiger partial charge in [0.05, 0.1) is 20.6 Å². The Hall–Kier alpha value is -3.88. The zero-order valence-electron chi connectivity index (χ0n) is 22.0. The van der Waals surface area contributed by atoms with Crippen LogP contribution < -0.4 is 9.47 Å². The number of methoxy groups -OCH3 is 2. The smallest absolute Gasteiger partial charge is 0.227 e. The van der Waals surface area contributed by atoms with Crippen molar-refractivity contribution in [2.75, 3.05) is 40.4 Å². The van der Waals surface area contributed by atoms with Crippen LogP contribution in [-0.2, 0) is 22.4 Å². The summed E-state index contributed by atoms with van der Waals surface area (Å²) in [7, 11) is 3.25. The molecule has 2 saturated heterocycles. The maximum Gasteiger partial charge on any atom is 0.227 e. The summed E-state index contributed by atoms with van der Waals surface area (Å²) in [5, 5.41) is 4.05. The van der Waals surface area contributed by atoms with Gasteiger partial charge < -0.3 is 23.8 Å². The van der Waals surface area contributed by atoms with Gasteiger partial charge in [0.15, 0.2) is 0 Å². The Kier molecular flexibility index (Phi) is 7.62. The van der Waals surface area contributed by atoms with Crippen LogP contribution in [0.1, 0.15) is 37.1 Å². The SMILES string of the molecule is COc1ccc(-c2noc(CCC(=O)N3CCC4(CCN(C(=O)Cc5cccc(OC)c5)CC4)C3)n2)cc1. The predicted molar refractivity (Wildman–Crippen MR) is 141 cm³/mol. The van der Waals surface area contributed by atoms with Gasteiger partial charge in [0.25, 0.3) is 0 Å². The van der Waals surface area contributed by atoms with E-state index in [0.717, 1.165) is 68.1 Å². The van der Waals surface area contributed by atoms with Gasteiger partial charge in [0.1, 0.15) is 11.5 Å². The van der Waals surface area contributed by atoms with Crippen LogP contribution in [0.5, 0.6) is 11.5 Å². The minimum atomic E-state index is 0.106. The Morgan fingerprint density at radius 3 is 2.34 bits per heavy atom. The molecule has 1 spiro atoms. The number of amides is 2. The number of nitrogens with zero attached hydrogens (tertiary/aromatic N) is 4. The van der Waals surface area contributed by atoms with Gasteiger partial charge in [0, 0.05) is 44.6 Å². The van der Waals surface area contributed by atoms with E-state index >= 15 is 0 Å². The van der Waals surface area contributed by atoms with Crippen molar-refractivity contribution in [3.8, 4) is 22.9 Å². The third-order valence-electron chi connectivity index (χ3n) is 7.83. The minimum Gasteiger partial charge on any atom is -0.497 e. The Balaban J connectivity index is 1.08. The third kappa shape index (κ3) is 5.82. The molecule has 9 heteroatoms. The van der Waals surface area contributed by atoms with Crippen molar-refractivity contribution in [2.24, 2.45) is 5.41 Å². The molecule has 2 aliphatic rings. The molecule has 0 bridgehead atoms. The molecule has 2 aromatic carbocycles. The number of carbonyl (C=O) groups excluding carboxylic acids is 2. The first-order valence-electron chi connectivity index (χ1n) is 13.1. The molecular formula is C29H34N4O5. The number of benzene rings is 2. The molecule has 0 unspecified atom stereocenters. The Labute approximate surface area is 222 Å². The number of piperidine rings is 1. The highest BCUT2D eigenvalue weighted by Crippen LogP contribution is 2.40. The quantitative estimate of drug-likeness (QED) is 0.448. The van der Waals surface area contributed by atoms with Crippen LogP contribution in [-0.4, -0.2) is 72.2 Å². The van der Waals surface area contributed by atoms with Gasteiger partial charge in [-0.1, -0.05) is 17.3 Å². The van der Waals surface area contributed by atoms with Crippen LogP contribution in [0.3, 0.4) is 0 Å². The Morgan fingerprint density at radius 2 is 1.63 bits per heavy atom. The number of rotatable bonds is 8. The number of hydrogen-bond acceptors (Lipinski definition) is 7. The van der Waals surface area contributed by atoms with E-state index in [1.807, 2.05) is 58.3 Å². The predicted octanol–water partition coefficient (Wildman–Crippen LogP) is 3.77. The summed E-state index contributed by atoms with van der Waals surface area (Å²) in [6, 6.07) is 15.1. The van der Waals surface area contributed by atoms with E-state index in [4.69, 9.17) is 14.0 Å². The standard InChI is InChI=1S/C29H34N4O5/c1-36-23-8-6-22(7-9-23)28-30-25(38-31-28)10-11-26(34)33-17-14-29(20-33)12-15-32(16-13-29)27(35)19-21-4-3-5-24(18-21)37-2/h3-9,18H,10-17,19-20H2,1-2H3. The summed E-state index contributed by atoms with van der Waals surface area (Å²) in [6.07, 6.45) is 3.97. The molecule has 3 aromatic rings. The molecule has 9 nitrogen and oxygen atoms in total. The van der Waals surface area contributed by atoms with Crippen LogP contribution in [0, 0.1) is 5.41 Å². The van der Waals surface area contributed by atoms with Crippen molar-refractivity contribution in [2.45, 2.75) is 38.5 Å². The Morgan fingerprint density at radius 1 is 0.921 bits per heavy atom. The lowest BCUT2D eigenvalue weighted by atomic mass is 9.77. The summed E-state index contributed by atoms with van der Waals surface area (Å²) in [5.74, 6) is 2.75. The lowest BCUT2D eigenvalue weighted by molar-refractivity contribution is -0.134. The largest absolute Gasteiger partial charge is 0.497 e. The number of aryl methyl sites for hydroxylation is 1. The van der Waals surface area contributed by atoms with Crippen molar-refractivity contribution in [1.29, 1.82) is 0 Å². The molecule has 38 heavy (non-hydrogen) atoms. The maximum absolute atomic E-state index is 13.0. The molecule has 2 fully saturated rings. The number of likely N-dealkylation sites (tertiary alicyclic amines) is 2. The van der Waals surface area contributed by atoms with E-state index in [-0.39, 0.29) is 17.2 Å². The van der Waals surface area contributed by atoms with Gasteiger partial charge in [-0.2, -0.15) is 4.98 Å². The number of hydrogen-bond donors (Lipinski definition) is 0. The fraction of sp³-hybridized carbons (Fsp3) is 0.448. The molecule has 2 aliphatic heterocycles. The van der Waals surface area contributed by atoms with Crippen LogP contribution in [0.4, 0.5) is 0 Å². The fourth-order valence-corrected chi connectivity index (χ4v) is 5.44. The van der Waals surface area contributed by atoms with Gasteiger partial charge >= 0.3 is 0 Å². The van der Waals surface area contributed by atoms with Gasteiger partial charge in [0.2, 0.25) is 23.5 Å². The molecule has 200 valence electrons. The van der Waals surface area contributed by atoms with E-state index < -0.39 is 0 Å². The summed E-state index contributed by atoms with van der Waals surface area (Å²) >= 11 is 0. The molecular weight excluding hydrogens is 484 g/mol. The van der Waals surface area contributed by atoms with Crippen molar-refractivity contribution in [1.82, 2.24) is 19.9 Å². The van der Waals surface area contributed by atoms with Crippen molar-refractivity contribution < 1.29 is 23.6 Å². The molecule has 0 saturated carbocycles. The van der Waals surface area contributed by atoms with Crippen LogP contribution in [0.2, 0.25) is 0 Å². The highest BCUT2D eigenvalue weighted by molar-refractivity contribution is 5.79. The lowest BCUT2D eigenvalue weighted by Crippen LogP contribution is -2.45. The zero-order valence-corrected chi connectivity index (χ0v) is 22.0. The van der Waals surface area contributed by atoms with E-state index in [0.29, 0.717) is 31.0 Å². The van der Waals surface area contributed by atoms with Crippen LogP contribution >= 0.6 is 0 Å². The van der Waals surface area contributed by atoms with Crippen LogP contribution in [0.15, 0.2) is 53.1 Å². The molecule has 0 atom stereocenters. The molecule has 5 rings (SSSR count). The summed E-state index contributed by atoms with van der Waals surface area (Å²) < 4.78 is 15.8. The van der Waals surface area contributed by atoms with Crippen molar-refractivity contribution in [3.05, 3.63) is 60.0 Å². The molecule has 0 radical (unpaired) electrons. The summed E-state index contributed by atoms with van der Waals surface area (Å²) in [6.45, 7) is 2.99. The number of carbonyl (C=O) groups is 2. The first kappa shape index (κ1) is 25.8. The van der Waals surface area contributed by atoms with E-state index in [9.17, 15) is 9.59 Å². The second kappa shape index (κ2) is 11.2. The Bertz CT molecular complexity index is 1260. The van der Waals surface area contributed by atoms with Gasteiger partial charge in [-0.25, -0.2) is 0 Å². The zero-order chi connectivity index (χ0) is 26.5. The summed E-state index contributed by atoms with van der Waals surface area (Å²) in [5.41, 5.74) is 1.90. The number of aromatic nitrogens is 2. The average molecular weight is 519 g/mol. The monoisotopic (exact) mass is 518 g/mol. The van der Waals surface area contributed by atoms with E-state index in [1.54, 1.807) is 14.2 Å². The molecule has 2 amide bonds. The third-order valence-corrected chi connectivity index (χ3v) is 7.83. The second-order valence-electron chi connectivity index (χ2n) is 10.2. The topological polar surface area (TPSA) is 98.0 Å². The fourth-order valence-electron chi connectivity index (χ4n) is 5.44.